The van der Waals surface area contributed by atoms with Gasteiger partial charge < -0.3 is 0 Å². The van der Waals surface area contributed by atoms with Crippen molar-refractivity contribution in [3.05, 3.63) is 216 Å². The van der Waals surface area contributed by atoms with E-state index in [1.807, 2.05) is 0 Å². The molecule has 11 aromatic carbocycles. The molecule has 0 heteroatoms. The van der Waals surface area contributed by atoms with Crippen molar-refractivity contribution in [2.24, 2.45) is 0 Å². The number of rotatable bonds is 2. The molecule has 0 nitrogen and oxygen atoms in total. The SMILES string of the molecule is c1ccc2c(c1)-c1ccccc1C21c2cc(-c3ccc4ccc5cccc6ccc3c4c56)ccc2-c2cc3c(-c4cccc5ccccc45)cccc3cc21. The molecular weight excluding hydrogens is 661 g/mol. The van der Waals surface area contributed by atoms with Gasteiger partial charge in [0.1, 0.15) is 0 Å². The van der Waals surface area contributed by atoms with Crippen LogP contribution >= 0.6 is 0 Å². The molecule has 0 aliphatic heterocycles. The minimum absolute atomic E-state index is 0.443. The molecule has 0 aromatic heterocycles. The van der Waals surface area contributed by atoms with E-state index in [-0.39, 0.29) is 0 Å². The van der Waals surface area contributed by atoms with E-state index in [9.17, 15) is 0 Å². The molecule has 55 heavy (non-hydrogen) atoms. The number of hydrogen-bond acceptors (Lipinski definition) is 0. The van der Waals surface area contributed by atoms with E-state index in [0.717, 1.165) is 0 Å². The highest BCUT2D eigenvalue weighted by Crippen LogP contribution is 2.64. The van der Waals surface area contributed by atoms with E-state index in [2.05, 4.69) is 194 Å². The molecule has 2 aliphatic carbocycles. The zero-order valence-electron chi connectivity index (χ0n) is 30.0. The molecule has 0 saturated heterocycles. The van der Waals surface area contributed by atoms with Gasteiger partial charge in [0.15, 0.2) is 0 Å². The molecule has 11 aromatic rings. The molecule has 2 aliphatic rings. The second-order valence-electron chi connectivity index (χ2n) is 15.5. The van der Waals surface area contributed by atoms with Gasteiger partial charge in [-0.3, -0.25) is 0 Å². The van der Waals surface area contributed by atoms with E-state index >= 15 is 0 Å². The first-order valence-corrected chi connectivity index (χ1v) is 19.3. The van der Waals surface area contributed by atoms with Crippen LogP contribution in [0.25, 0.3) is 98.4 Å². The van der Waals surface area contributed by atoms with Crippen LogP contribution in [0.5, 0.6) is 0 Å². The fourth-order valence-electron chi connectivity index (χ4n) is 10.8. The average Bonchev–Trinajstić information content (AvgIpc) is 3.71. The maximum absolute atomic E-state index is 2.54. The zero-order valence-corrected chi connectivity index (χ0v) is 30.0. The van der Waals surface area contributed by atoms with Crippen molar-refractivity contribution in [1.29, 1.82) is 0 Å². The van der Waals surface area contributed by atoms with Gasteiger partial charge >= 0.3 is 0 Å². The molecule has 0 saturated carbocycles. The Bertz CT molecular complexity index is 3370. The quantitative estimate of drug-likeness (QED) is 0.158. The number of fused-ring (bicyclic) bond motifs is 12. The van der Waals surface area contributed by atoms with Crippen molar-refractivity contribution in [2.75, 3.05) is 0 Å². The molecule has 0 radical (unpaired) electrons. The summed E-state index contributed by atoms with van der Waals surface area (Å²) in [6, 6.07) is 73.5. The molecule has 0 heterocycles. The van der Waals surface area contributed by atoms with Gasteiger partial charge in [0, 0.05) is 0 Å². The summed E-state index contributed by atoms with van der Waals surface area (Å²) in [6.45, 7) is 0. The van der Waals surface area contributed by atoms with Crippen LogP contribution in [0.15, 0.2) is 194 Å². The van der Waals surface area contributed by atoms with Gasteiger partial charge in [0.25, 0.3) is 0 Å². The highest BCUT2D eigenvalue weighted by molar-refractivity contribution is 6.25. The van der Waals surface area contributed by atoms with Crippen LogP contribution in [0.4, 0.5) is 0 Å². The molecule has 0 N–H and O–H groups in total. The molecule has 0 unspecified atom stereocenters. The maximum atomic E-state index is 2.54. The Balaban J connectivity index is 1.13. The van der Waals surface area contributed by atoms with E-state index in [0.29, 0.717) is 0 Å². The fourth-order valence-corrected chi connectivity index (χ4v) is 10.8. The smallest absolute Gasteiger partial charge is 0.0619 e. The number of benzene rings is 11. The topological polar surface area (TPSA) is 0 Å². The van der Waals surface area contributed by atoms with Gasteiger partial charge in [0.2, 0.25) is 0 Å². The molecule has 0 atom stereocenters. The maximum Gasteiger partial charge on any atom is 0.0725 e. The Morgan fingerprint density at radius 2 is 0.764 bits per heavy atom. The van der Waals surface area contributed by atoms with Crippen molar-refractivity contribution in [1.82, 2.24) is 0 Å². The summed E-state index contributed by atoms with van der Waals surface area (Å²) in [4.78, 5) is 0. The standard InChI is InChI=1S/C55H32/c1-2-15-39-33(10-1)11-8-18-41(39)42-19-9-14-37-30-52-48(32-47(37)42)45-28-26-38(31-51(45)55(52)49-20-5-3-16-43(49)44-17-4-6-21-50(44)55)40-27-24-36-23-22-34-12-7-13-35-25-29-46(40)54(36)53(34)35/h1-32H. The summed E-state index contributed by atoms with van der Waals surface area (Å²) in [7, 11) is 0. The van der Waals surface area contributed by atoms with Crippen LogP contribution < -0.4 is 0 Å². The largest absolute Gasteiger partial charge is 0.0725 e. The summed E-state index contributed by atoms with van der Waals surface area (Å²) >= 11 is 0. The second-order valence-corrected chi connectivity index (χ2v) is 15.5. The van der Waals surface area contributed by atoms with E-state index < -0.39 is 5.41 Å². The second kappa shape index (κ2) is 10.6. The lowest BCUT2D eigenvalue weighted by atomic mass is 9.70. The van der Waals surface area contributed by atoms with Crippen LogP contribution in [0, 0.1) is 0 Å². The molecule has 0 amide bonds. The molecule has 0 fully saturated rings. The van der Waals surface area contributed by atoms with E-state index in [1.165, 1.54) is 121 Å². The van der Waals surface area contributed by atoms with Crippen LogP contribution in [0.2, 0.25) is 0 Å². The van der Waals surface area contributed by atoms with Gasteiger partial charge in [0.05, 0.1) is 5.41 Å². The molecule has 252 valence electrons. The van der Waals surface area contributed by atoms with Crippen molar-refractivity contribution in [3.8, 4) is 44.5 Å². The van der Waals surface area contributed by atoms with Crippen molar-refractivity contribution >= 4 is 53.9 Å². The average molecular weight is 693 g/mol. The molecule has 1 spiro atoms. The highest BCUT2D eigenvalue weighted by Gasteiger charge is 2.51. The van der Waals surface area contributed by atoms with Crippen LogP contribution in [-0.4, -0.2) is 0 Å². The Morgan fingerprint density at radius 1 is 0.236 bits per heavy atom. The Morgan fingerprint density at radius 3 is 1.56 bits per heavy atom. The van der Waals surface area contributed by atoms with E-state index in [1.54, 1.807) is 0 Å². The lowest BCUT2D eigenvalue weighted by Crippen LogP contribution is -2.25. The summed E-state index contributed by atoms with van der Waals surface area (Å²) in [5.41, 5.74) is 15.4. The molecule has 0 bridgehead atoms. The summed E-state index contributed by atoms with van der Waals surface area (Å²) in [5, 5.41) is 13.0. The van der Waals surface area contributed by atoms with Gasteiger partial charge in [-0.05, 0) is 139 Å². The highest BCUT2D eigenvalue weighted by atomic mass is 14.5. The Labute approximate surface area is 318 Å². The third-order valence-corrected chi connectivity index (χ3v) is 13.0. The first-order valence-electron chi connectivity index (χ1n) is 19.3. The van der Waals surface area contributed by atoms with Gasteiger partial charge in [-0.25, -0.2) is 0 Å². The van der Waals surface area contributed by atoms with Crippen molar-refractivity contribution in [2.45, 2.75) is 5.41 Å². The van der Waals surface area contributed by atoms with Gasteiger partial charge in [-0.15, -0.1) is 0 Å². The predicted molar refractivity (Wildman–Crippen MR) is 232 cm³/mol. The lowest BCUT2D eigenvalue weighted by Gasteiger charge is -2.31. The van der Waals surface area contributed by atoms with Crippen molar-refractivity contribution < 1.29 is 0 Å². The first-order chi connectivity index (χ1) is 27.3. The number of hydrogen-bond donors (Lipinski definition) is 0. The third-order valence-electron chi connectivity index (χ3n) is 13.0. The predicted octanol–water partition coefficient (Wildman–Crippen LogP) is 14.6. The van der Waals surface area contributed by atoms with Crippen LogP contribution in [0.3, 0.4) is 0 Å². The van der Waals surface area contributed by atoms with Crippen molar-refractivity contribution in [3.63, 3.8) is 0 Å². The zero-order chi connectivity index (χ0) is 35.8. The monoisotopic (exact) mass is 692 g/mol. The molecule has 13 rings (SSSR count). The first kappa shape index (κ1) is 29.4. The lowest BCUT2D eigenvalue weighted by molar-refractivity contribution is 0.795. The fraction of sp³-hybridized carbons (Fsp3) is 0.0182. The van der Waals surface area contributed by atoms with E-state index in [4.69, 9.17) is 0 Å². The summed E-state index contributed by atoms with van der Waals surface area (Å²) < 4.78 is 0. The molecular formula is C55H32. The Kier molecular flexibility index (Phi) is 5.65. The normalized spacial score (nSPS) is 13.6. The Hall–Kier alpha value is -7.02. The summed E-state index contributed by atoms with van der Waals surface area (Å²) in [6.07, 6.45) is 0. The summed E-state index contributed by atoms with van der Waals surface area (Å²) in [5.74, 6) is 0. The van der Waals surface area contributed by atoms with Gasteiger partial charge in [-0.1, -0.05) is 176 Å². The van der Waals surface area contributed by atoms with Crippen LogP contribution in [0.1, 0.15) is 22.3 Å². The minimum Gasteiger partial charge on any atom is -0.0619 e. The van der Waals surface area contributed by atoms with Gasteiger partial charge in [-0.2, -0.15) is 0 Å². The minimum atomic E-state index is -0.443. The third kappa shape index (κ3) is 3.71. The van der Waals surface area contributed by atoms with Crippen LogP contribution in [-0.2, 0) is 5.41 Å².